The van der Waals surface area contributed by atoms with Gasteiger partial charge in [0.2, 0.25) is 0 Å². The van der Waals surface area contributed by atoms with E-state index in [1.807, 2.05) is 13.0 Å². The van der Waals surface area contributed by atoms with Crippen LogP contribution in [0.25, 0.3) is 0 Å². The number of benzene rings is 1. The summed E-state index contributed by atoms with van der Waals surface area (Å²) in [4.78, 5) is 0. The lowest BCUT2D eigenvalue weighted by Gasteiger charge is -2.14. The van der Waals surface area contributed by atoms with E-state index in [4.69, 9.17) is 32.7 Å². The lowest BCUT2D eigenvalue weighted by atomic mass is 10.2. The highest BCUT2D eigenvalue weighted by molar-refractivity contribution is 6.35. The molecule has 0 aliphatic heterocycles. The van der Waals surface area contributed by atoms with Crippen LogP contribution in [0.5, 0.6) is 5.75 Å². The second-order valence-electron chi connectivity index (χ2n) is 4.45. The summed E-state index contributed by atoms with van der Waals surface area (Å²) in [6.07, 6.45) is 1.92. The van der Waals surface area contributed by atoms with Gasteiger partial charge in [-0.05, 0) is 38.4 Å². The van der Waals surface area contributed by atoms with Crippen molar-refractivity contribution >= 4 is 23.2 Å². The Morgan fingerprint density at radius 2 is 1.95 bits per heavy atom. The highest BCUT2D eigenvalue weighted by Crippen LogP contribution is 2.32. The molecule has 5 heteroatoms. The molecular formula is C15H23Cl2NO2. The average Bonchev–Trinajstić information content (AvgIpc) is 2.41. The number of hydrogen-bond donors (Lipinski definition) is 1. The van der Waals surface area contributed by atoms with Crippen LogP contribution in [0.2, 0.25) is 10.0 Å². The van der Waals surface area contributed by atoms with Crippen molar-refractivity contribution in [1.29, 1.82) is 0 Å². The second kappa shape index (κ2) is 10.3. The second-order valence-corrected chi connectivity index (χ2v) is 5.30. The normalized spacial score (nSPS) is 10.8. The molecule has 0 atom stereocenters. The molecule has 0 aliphatic carbocycles. The molecule has 0 aromatic heterocycles. The van der Waals surface area contributed by atoms with Crippen molar-refractivity contribution in [2.45, 2.75) is 33.2 Å². The number of hydrogen-bond acceptors (Lipinski definition) is 3. The molecular weight excluding hydrogens is 297 g/mol. The molecule has 0 radical (unpaired) electrons. The summed E-state index contributed by atoms with van der Waals surface area (Å²) in [5.74, 6) is 0.732. The maximum Gasteiger partial charge on any atom is 0.142 e. The molecule has 20 heavy (non-hydrogen) atoms. The maximum absolute atomic E-state index is 6.19. The third-order valence-corrected chi connectivity index (χ3v) is 3.20. The summed E-state index contributed by atoms with van der Waals surface area (Å²) in [7, 11) is 0. The number of rotatable bonds is 10. The molecule has 0 heterocycles. The van der Waals surface area contributed by atoms with E-state index in [0.29, 0.717) is 23.2 Å². The van der Waals surface area contributed by atoms with E-state index >= 15 is 0 Å². The van der Waals surface area contributed by atoms with Crippen LogP contribution in [-0.4, -0.2) is 26.4 Å². The molecule has 0 aliphatic rings. The third kappa shape index (κ3) is 6.31. The Morgan fingerprint density at radius 3 is 2.65 bits per heavy atom. The predicted molar refractivity (Wildman–Crippen MR) is 85.1 cm³/mol. The zero-order valence-corrected chi connectivity index (χ0v) is 13.7. The summed E-state index contributed by atoms with van der Waals surface area (Å²) in [6.45, 7) is 7.83. The molecule has 0 fully saturated rings. The van der Waals surface area contributed by atoms with Gasteiger partial charge in [0.25, 0.3) is 0 Å². The standard InChI is InChI=1S/C15H23Cl2NO2/c1-3-7-20-15-12(9-13(16)10-14(15)17)11-18-6-5-8-19-4-2/h9-10,18H,3-8,11H2,1-2H3. The Bertz CT molecular complexity index is 400. The summed E-state index contributed by atoms with van der Waals surface area (Å²) in [6, 6.07) is 3.61. The van der Waals surface area contributed by atoms with Crippen molar-refractivity contribution in [2.75, 3.05) is 26.4 Å². The fourth-order valence-electron chi connectivity index (χ4n) is 1.78. The first-order valence-corrected chi connectivity index (χ1v) is 7.83. The van der Waals surface area contributed by atoms with Crippen LogP contribution in [0.15, 0.2) is 12.1 Å². The van der Waals surface area contributed by atoms with E-state index in [-0.39, 0.29) is 0 Å². The first-order valence-electron chi connectivity index (χ1n) is 7.08. The van der Waals surface area contributed by atoms with E-state index in [0.717, 1.165) is 43.9 Å². The minimum atomic E-state index is 0.567. The lowest BCUT2D eigenvalue weighted by molar-refractivity contribution is 0.144. The van der Waals surface area contributed by atoms with E-state index in [1.54, 1.807) is 6.07 Å². The quantitative estimate of drug-likeness (QED) is 0.652. The summed E-state index contributed by atoms with van der Waals surface area (Å²) in [5, 5.41) is 4.55. The van der Waals surface area contributed by atoms with Gasteiger partial charge < -0.3 is 14.8 Å². The van der Waals surface area contributed by atoms with Crippen molar-refractivity contribution < 1.29 is 9.47 Å². The van der Waals surface area contributed by atoms with Gasteiger partial charge in [-0.2, -0.15) is 0 Å². The van der Waals surface area contributed by atoms with Crippen LogP contribution in [0.1, 0.15) is 32.3 Å². The average molecular weight is 320 g/mol. The Morgan fingerprint density at radius 1 is 1.15 bits per heavy atom. The van der Waals surface area contributed by atoms with Gasteiger partial charge in [0.1, 0.15) is 5.75 Å². The van der Waals surface area contributed by atoms with Crippen LogP contribution in [0.4, 0.5) is 0 Å². The van der Waals surface area contributed by atoms with Crippen molar-refractivity contribution in [2.24, 2.45) is 0 Å². The fraction of sp³-hybridized carbons (Fsp3) is 0.600. The summed E-state index contributed by atoms with van der Waals surface area (Å²) >= 11 is 12.2. The first kappa shape index (κ1) is 17.6. The van der Waals surface area contributed by atoms with Gasteiger partial charge in [0.05, 0.1) is 11.6 Å². The summed E-state index contributed by atoms with van der Waals surface area (Å²) < 4.78 is 11.0. The van der Waals surface area contributed by atoms with Crippen molar-refractivity contribution in [3.63, 3.8) is 0 Å². The number of nitrogens with one attached hydrogen (secondary N) is 1. The SMILES string of the molecule is CCCOc1c(Cl)cc(Cl)cc1CNCCCOCC. The predicted octanol–water partition coefficient (Wildman–Crippen LogP) is 4.30. The van der Waals surface area contributed by atoms with Crippen LogP contribution in [0, 0.1) is 0 Å². The van der Waals surface area contributed by atoms with Crippen LogP contribution in [0.3, 0.4) is 0 Å². The molecule has 0 saturated heterocycles. The minimum absolute atomic E-state index is 0.567. The monoisotopic (exact) mass is 319 g/mol. The highest BCUT2D eigenvalue weighted by Gasteiger charge is 2.10. The van der Waals surface area contributed by atoms with E-state index in [9.17, 15) is 0 Å². The minimum Gasteiger partial charge on any atom is -0.492 e. The van der Waals surface area contributed by atoms with Gasteiger partial charge in [-0.1, -0.05) is 30.1 Å². The van der Waals surface area contributed by atoms with Gasteiger partial charge in [-0.3, -0.25) is 0 Å². The van der Waals surface area contributed by atoms with Crippen molar-refractivity contribution in [3.8, 4) is 5.75 Å². The molecule has 3 nitrogen and oxygen atoms in total. The molecule has 0 bridgehead atoms. The lowest BCUT2D eigenvalue weighted by Crippen LogP contribution is -2.17. The van der Waals surface area contributed by atoms with Crippen LogP contribution in [-0.2, 0) is 11.3 Å². The molecule has 0 amide bonds. The Kier molecular flexibility index (Phi) is 9.03. The van der Waals surface area contributed by atoms with Gasteiger partial charge >= 0.3 is 0 Å². The van der Waals surface area contributed by atoms with E-state index in [1.165, 1.54) is 0 Å². The molecule has 114 valence electrons. The number of ether oxygens (including phenoxy) is 2. The zero-order chi connectivity index (χ0) is 14.8. The highest BCUT2D eigenvalue weighted by atomic mass is 35.5. The van der Waals surface area contributed by atoms with Crippen LogP contribution < -0.4 is 10.1 Å². The zero-order valence-electron chi connectivity index (χ0n) is 12.2. The summed E-state index contributed by atoms with van der Waals surface area (Å²) in [5.41, 5.74) is 0.993. The fourth-order valence-corrected chi connectivity index (χ4v) is 2.37. The maximum atomic E-state index is 6.19. The molecule has 1 rings (SSSR count). The molecule has 1 aromatic carbocycles. The van der Waals surface area contributed by atoms with Crippen LogP contribution >= 0.6 is 23.2 Å². The molecule has 0 saturated carbocycles. The Balaban J connectivity index is 2.53. The van der Waals surface area contributed by atoms with Gasteiger partial charge in [0.15, 0.2) is 0 Å². The molecule has 1 aromatic rings. The topological polar surface area (TPSA) is 30.5 Å². The van der Waals surface area contributed by atoms with Gasteiger partial charge in [-0.15, -0.1) is 0 Å². The Hall–Kier alpha value is -0.480. The van der Waals surface area contributed by atoms with Gasteiger partial charge in [0, 0.05) is 30.3 Å². The largest absolute Gasteiger partial charge is 0.492 e. The Labute approximate surface area is 131 Å². The molecule has 0 unspecified atom stereocenters. The van der Waals surface area contributed by atoms with Gasteiger partial charge in [-0.25, -0.2) is 0 Å². The first-order chi connectivity index (χ1) is 9.69. The number of halogens is 2. The molecule has 0 spiro atoms. The van der Waals surface area contributed by atoms with Crippen molar-refractivity contribution in [3.05, 3.63) is 27.7 Å². The van der Waals surface area contributed by atoms with E-state index < -0.39 is 0 Å². The van der Waals surface area contributed by atoms with Crippen molar-refractivity contribution in [1.82, 2.24) is 5.32 Å². The third-order valence-electron chi connectivity index (χ3n) is 2.70. The smallest absolute Gasteiger partial charge is 0.142 e. The van der Waals surface area contributed by atoms with E-state index in [2.05, 4.69) is 12.2 Å². The molecule has 1 N–H and O–H groups in total.